The SMILES string of the molecule is CC1COCC(C)N1c1ccc(C(=O)NC(CC(=O)O)c2ccc(Cl)c(Cl)c2)cc1NC(=O)C1CC1. The Morgan fingerprint density at radius 1 is 1.06 bits per heavy atom. The summed E-state index contributed by atoms with van der Waals surface area (Å²) < 4.78 is 5.65. The lowest BCUT2D eigenvalue weighted by atomic mass is 10.0. The molecular formula is C26H29Cl2N3O5. The molecule has 3 N–H and O–H groups in total. The van der Waals surface area contributed by atoms with E-state index < -0.39 is 17.9 Å². The van der Waals surface area contributed by atoms with Gasteiger partial charge >= 0.3 is 5.97 Å². The molecule has 4 rings (SSSR count). The number of carboxylic acids is 1. The van der Waals surface area contributed by atoms with E-state index in [4.69, 9.17) is 27.9 Å². The Balaban J connectivity index is 1.63. The Morgan fingerprint density at radius 3 is 2.36 bits per heavy atom. The fourth-order valence-corrected chi connectivity index (χ4v) is 4.77. The maximum atomic E-state index is 13.3. The van der Waals surface area contributed by atoms with Crippen molar-refractivity contribution >= 4 is 52.4 Å². The zero-order chi connectivity index (χ0) is 26.0. The number of rotatable bonds is 8. The summed E-state index contributed by atoms with van der Waals surface area (Å²) >= 11 is 12.1. The Kier molecular flexibility index (Phi) is 8.07. The van der Waals surface area contributed by atoms with E-state index >= 15 is 0 Å². The van der Waals surface area contributed by atoms with Crippen LogP contribution in [0.2, 0.25) is 10.0 Å². The molecule has 3 atom stereocenters. The smallest absolute Gasteiger partial charge is 0.305 e. The van der Waals surface area contributed by atoms with Gasteiger partial charge in [0.2, 0.25) is 5.91 Å². The number of amides is 2. The second-order valence-electron chi connectivity index (χ2n) is 9.44. The number of ether oxygens (including phenoxy) is 1. The summed E-state index contributed by atoms with van der Waals surface area (Å²) in [6.07, 6.45) is 1.37. The number of carboxylic acid groups (broad SMARTS) is 1. The average Bonchev–Trinajstić information content (AvgIpc) is 3.66. The van der Waals surface area contributed by atoms with Crippen LogP contribution in [0.25, 0.3) is 0 Å². The molecule has 2 fully saturated rings. The molecule has 2 aromatic rings. The van der Waals surface area contributed by atoms with Gasteiger partial charge in [0.25, 0.3) is 5.91 Å². The third kappa shape index (κ3) is 6.11. The summed E-state index contributed by atoms with van der Waals surface area (Å²) in [5, 5.41) is 15.8. The van der Waals surface area contributed by atoms with Crippen LogP contribution in [0.5, 0.6) is 0 Å². The average molecular weight is 534 g/mol. The first-order chi connectivity index (χ1) is 17.1. The van der Waals surface area contributed by atoms with Gasteiger partial charge in [-0.1, -0.05) is 29.3 Å². The van der Waals surface area contributed by atoms with Crippen LogP contribution >= 0.6 is 23.2 Å². The second kappa shape index (κ2) is 11.1. The van der Waals surface area contributed by atoms with E-state index in [1.807, 2.05) is 6.07 Å². The Labute approximate surface area is 219 Å². The van der Waals surface area contributed by atoms with Crippen molar-refractivity contribution in [3.05, 3.63) is 57.6 Å². The number of morpholine rings is 1. The molecule has 1 aliphatic heterocycles. The van der Waals surface area contributed by atoms with Crippen LogP contribution in [0.4, 0.5) is 11.4 Å². The standard InChI is InChI=1S/C26H29Cl2N3O5/c1-14-12-36-13-15(2)31(14)23-8-6-18(10-22(23)30-25(34)16-3-4-16)26(35)29-21(11-24(32)33)17-5-7-19(27)20(28)9-17/h5-10,14-16,21H,3-4,11-13H2,1-2H3,(H,29,35)(H,30,34)(H,32,33). The van der Waals surface area contributed by atoms with Gasteiger partial charge in [-0.2, -0.15) is 0 Å². The van der Waals surface area contributed by atoms with Gasteiger partial charge in [-0.3, -0.25) is 14.4 Å². The molecule has 0 bridgehead atoms. The maximum Gasteiger partial charge on any atom is 0.305 e. The van der Waals surface area contributed by atoms with Gasteiger partial charge in [-0.25, -0.2) is 0 Å². The van der Waals surface area contributed by atoms with Gasteiger partial charge in [0.15, 0.2) is 0 Å². The maximum absolute atomic E-state index is 13.3. The molecule has 1 heterocycles. The van der Waals surface area contributed by atoms with E-state index in [-0.39, 0.29) is 35.4 Å². The first kappa shape index (κ1) is 26.3. The molecule has 36 heavy (non-hydrogen) atoms. The van der Waals surface area contributed by atoms with E-state index in [2.05, 4.69) is 29.4 Å². The summed E-state index contributed by atoms with van der Waals surface area (Å²) in [5.41, 5.74) is 2.18. The number of benzene rings is 2. The number of aliphatic carboxylic acids is 1. The van der Waals surface area contributed by atoms with Crippen molar-refractivity contribution in [2.75, 3.05) is 23.4 Å². The zero-order valence-corrected chi connectivity index (χ0v) is 21.6. The summed E-state index contributed by atoms with van der Waals surface area (Å²) in [4.78, 5) is 39.6. The fraction of sp³-hybridized carbons (Fsp3) is 0.423. The van der Waals surface area contributed by atoms with Crippen LogP contribution in [-0.2, 0) is 14.3 Å². The number of halogens is 2. The molecule has 2 amide bonds. The highest BCUT2D eigenvalue weighted by Crippen LogP contribution is 2.36. The molecule has 0 aromatic heterocycles. The molecule has 2 aromatic carbocycles. The predicted molar refractivity (Wildman–Crippen MR) is 139 cm³/mol. The third-order valence-corrected chi connectivity index (χ3v) is 7.18. The van der Waals surface area contributed by atoms with E-state index in [0.717, 1.165) is 18.5 Å². The lowest BCUT2D eigenvalue weighted by Gasteiger charge is -2.41. The molecular weight excluding hydrogens is 505 g/mol. The quantitative estimate of drug-likeness (QED) is 0.445. The second-order valence-corrected chi connectivity index (χ2v) is 10.3. The van der Waals surface area contributed by atoms with Gasteiger partial charge in [0.05, 0.1) is 47.1 Å². The van der Waals surface area contributed by atoms with Crippen LogP contribution in [0.3, 0.4) is 0 Å². The minimum atomic E-state index is -1.07. The van der Waals surface area contributed by atoms with Gasteiger partial charge in [-0.05, 0) is 62.6 Å². The summed E-state index contributed by atoms with van der Waals surface area (Å²) in [6, 6.07) is 9.22. The molecule has 10 heteroatoms. The summed E-state index contributed by atoms with van der Waals surface area (Å²) in [6.45, 7) is 5.22. The summed E-state index contributed by atoms with van der Waals surface area (Å²) in [5.74, 6) is -1.62. The first-order valence-electron chi connectivity index (χ1n) is 11.9. The largest absolute Gasteiger partial charge is 0.481 e. The minimum absolute atomic E-state index is 0.00975. The summed E-state index contributed by atoms with van der Waals surface area (Å²) in [7, 11) is 0. The van der Waals surface area contributed by atoms with Crippen LogP contribution in [0, 0.1) is 5.92 Å². The molecule has 1 aliphatic carbocycles. The number of nitrogens with one attached hydrogen (secondary N) is 2. The number of anilines is 2. The molecule has 8 nitrogen and oxygen atoms in total. The molecule has 1 saturated heterocycles. The highest BCUT2D eigenvalue weighted by Gasteiger charge is 2.32. The fourth-order valence-electron chi connectivity index (χ4n) is 4.46. The van der Waals surface area contributed by atoms with Gasteiger partial charge in [-0.15, -0.1) is 0 Å². The molecule has 0 spiro atoms. The van der Waals surface area contributed by atoms with Crippen molar-refractivity contribution in [2.45, 2.75) is 51.2 Å². The number of hydrogen-bond donors (Lipinski definition) is 3. The zero-order valence-electron chi connectivity index (χ0n) is 20.1. The minimum Gasteiger partial charge on any atom is -0.481 e. The molecule has 2 aliphatic rings. The Morgan fingerprint density at radius 2 is 1.75 bits per heavy atom. The lowest BCUT2D eigenvalue weighted by Crippen LogP contribution is -2.50. The van der Waals surface area contributed by atoms with Crippen molar-refractivity contribution in [3.8, 4) is 0 Å². The van der Waals surface area contributed by atoms with Crippen molar-refractivity contribution < 1.29 is 24.2 Å². The highest BCUT2D eigenvalue weighted by atomic mass is 35.5. The molecule has 192 valence electrons. The van der Waals surface area contributed by atoms with Crippen LogP contribution in [0.15, 0.2) is 36.4 Å². The first-order valence-corrected chi connectivity index (χ1v) is 12.7. The Bertz CT molecular complexity index is 1160. The van der Waals surface area contributed by atoms with Gasteiger partial charge in [0.1, 0.15) is 0 Å². The lowest BCUT2D eigenvalue weighted by molar-refractivity contribution is -0.137. The van der Waals surface area contributed by atoms with Crippen LogP contribution < -0.4 is 15.5 Å². The molecule has 1 saturated carbocycles. The predicted octanol–water partition coefficient (Wildman–Crippen LogP) is 4.90. The monoisotopic (exact) mass is 533 g/mol. The number of carbonyl (C=O) groups is 3. The van der Waals surface area contributed by atoms with Crippen molar-refractivity contribution in [2.24, 2.45) is 5.92 Å². The normalized spacial score (nSPS) is 20.5. The molecule has 3 unspecified atom stereocenters. The number of carbonyl (C=O) groups excluding carboxylic acids is 2. The van der Waals surface area contributed by atoms with E-state index in [0.29, 0.717) is 35.1 Å². The molecule has 0 radical (unpaired) electrons. The highest BCUT2D eigenvalue weighted by molar-refractivity contribution is 6.42. The third-order valence-electron chi connectivity index (χ3n) is 6.44. The van der Waals surface area contributed by atoms with E-state index in [1.165, 1.54) is 0 Å². The van der Waals surface area contributed by atoms with Crippen LogP contribution in [0.1, 0.15) is 55.1 Å². The van der Waals surface area contributed by atoms with Crippen molar-refractivity contribution in [1.29, 1.82) is 0 Å². The number of nitrogens with zero attached hydrogens (tertiary/aromatic N) is 1. The van der Waals surface area contributed by atoms with Crippen molar-refractivity contribution in [1.82, 2.24) is 5.32 Å². The van der Waals surface area contributed by atoms with Gasteiger partial charge in [0, 0.05) is 23.6 Å². The van der Waals surface area contributed by atoms with E-state index in [1.54, 1.807) is 30.3 Å². The van der Waals surface area contributed by atoms with E-state index in [9.17, 15) is 19.5 Å². The van der Waals surface area contributed by atoms with Crippen molar-refractivity contribution in [3.63, 3.8) is 0 Å². The van der Waals surface area contributed by atoms with Gasteiger partial charge < -0.3 is 25.4 Å². The van der Waals surface area contributed by atoms with Crippen LogP contribution in [-0.4, -0.2) is 48.2 Å². The topological polar surface area (TPSA) is 108 Å². The number of hydrogen-bond acceptors (Lipinski definition) is 5. The Hall–Kier alpha value is -2.81.